The number of hydrogen-bond donors (Lipinski definition) is 1. The normalized spacial score (nSPS) is 25.6. The number of carbonyl (C=O) groups excluding carboxylic acids is 1. The van der Waals surface area contributed by atoms with Crippen molar-refractivity contribution >= 4 is 11.9 Å². The van der Waals surface area contributed by atoms with Gasteiger partial charge in [0.2, 0.25) is 5.91 Å². The minimum Gasteiger partial charge on any atom is -0.478 e. The van der Waals surface area contributed by atoms with Crippen LogP contribution in [0.2, 0.25) is 0 Å². The lowest BCUT2D eigenvalue weighted by Crippen LogP contribution is -2.41. The molecule has 1 fully saturated rings. The summed E-state index contributed by atoms with van der Waals surface area (Å²) in [5.41, 5.74) is 0. The van der Waals surface area contributed by atoms with Crippen molar-refractivity contribution in [1.82, 2.24) is 4.90 Å². The van der Waals surface area contributed by atoms with E-state index in [0.717, 1.165) is 31.4 Å². The minimum atomic E-state index is -1.08. The molecule has 0 aromatic heterocycles. The summed E-state index contributed by atoms with van der Waals surface area (Å²) < 4.78 is 0. The van der Waals surface area contributed by atoms with E-state index in [1.807, 2.05) is 0 Å². The van der Waals surface area contributed by atoms with Gasteiger partial charge < -0.3 is 10.0 Å². The summed E-state index contributed by atoms with van der Waals surface area (Å²) in [6.07, 6.45) is 6.56. The summed E-state index contributed by atoms with van der Waals surface area (Å²) in [4.78, 5) is 23.6. The van der Waals surface area contributed by atoms with Crippen LogP contribution in [0.4, 0.5) is 0 Å². The molecule has 1 amide bonds. The lowest BCUT2D eigenvalue weighted by molar-refractivity contribution is -0.132. The predicted octanol–water partition coefficient (Wildman–Crippen LogP) is 1.66. The van der Waals surface area contributed by atoms with Crippen molar-refractivity contribution in [2.75, 3.05) is 7.05 Å². The standard InChI is InChI=1S/C12H19NO3/c1-9-5-3-4-6-10(9)13(2)11(14)7-8-12(15)16/h7-10H,3-6H2,1-2H3,(H,15,16). The number of carboxylic acids is 1. The summed E-state index contributed by atoms with van der Waals surface area (Å²) in [5, 5.41) is 8.45. The molecule has 0 aromatic rings. The zero-order valence-corrected chi connectivity index (χ0v) is 9.85. The first-order valence-electron chi connectivity index (χ1n) is 5.70. The number of aliphatic carboxylic acids is 1. The van der Waals surface area contributed by atoms with Crippen LogP contribution in [0.1, 0.15) is 32.6 Å². The molecule has 1 rings (SSSR count). The van der Waals surface area contributed by atoms with Crippen molar-refractivity contribution in [1.29, 1.82) is 0 Å². The van der Waals surface area contributed by atoms with Gasteiger partial charge in [0.05, 0.1) is 0 Å². The second-order valence-corrected chi connectivity index (χ2v) is 4.45. The van der Waals surface area contributed by atoms with E-state index in [1.165, 1.54) is 6.42 Å². The van der Waals surface area contributed by atoms with Gasteiger partial charge in [-0.2, -0.15) is 0 Å². The lowest BCUT2D eigenvalue weighted by atomic mass is 9.85. The van der Waals surface area contributed by atoms with Crippen LogP contribution in [0.15, 0.2) is 12.2 Å². The summed E-state index contributed by atoms with van der Waals surface area (Å²) in [7, 11) is 1.75. The van der Waals surface area contributed by atoms with E-state index in [9.17, 15) is 9.59 Å². The number of carbonyl (C=O) groups is 2. The van der Waals surface area contributed by atoms with Gasteiger partial charge in [-0.25, -0.2) is 4.79 Å². The molecule has 0 aromatic carbocycles. The smallest absolute Gasteiger partial charge is 0.328 e. The Kier molecular flexibility index (Phi) is 4.52. The highest BCUT2D eigenvalue weighted by Crippen LogP contribution is 2.27. The van der Waals surface area contributed by atoms with Gasteiger partial charge in [0.15, 0.2) is 0 Å². The highest BCUT2D eigenvalue weighted by atomic mass is 16.4. The zero-order chi connectivity index (χ0) is 12.1. The first kappa shape index (κ1) is 12.7. The van der Waals surface area contributed by atoms with E-state index < -0.39 is 5.97 Å². The first-order valence-corrected chi connectivity index (χ1v) is 5.70. The molecule has 4 nitrogen and oxygen atoms in total. The number of rotatable bonds is 3. The fourth-order valence-corrected chi connectivity index (χ4v) is 2.30. The maximum atomic E-state index is 11.7. The molecule has 0 spiro atoms. The fourth-order valence-electron chi connectivity index (χ4n) is 2.30. The van der Waals surface area contributed by atoms with Crippen LogP contribution in [0, 0.1) is 5.92 Å². The van der Waals surface area contributed by atoms with Crippen molar-refractivity contribution < 1.29 is 14.7 Å². The summed E-state index contributed by atoms with van der Waals surface area (Å²) >= 11 is 0. The Morgan fingerprint density at radius 1 is 1.25 bits per heavy atom. The molecule has 1 N–H and O–H groups in total. The number of amides is 1. The Bertz CT molecular complexity index is 299. The van der Waals surface area contributed by atoms with Crippen LogP contribution in [0.3, 0.4) is 0 Å². The Labute approximate surface area is 95.9 Å². The van der Waals surface area contributed by atoms with Crippen molar-refractivity contribution in [2.45, 2.75) is 38.6 Å². The molecule has 2 unspecified atom stereocenters. The van der Waals surface area contributed by atoms with Crippen LogP contribution in [-0.2, 0) is 9.59 Å². The fraction of sp³-hybridized carbons (Fsp3) is 0.667. The number of carboxylic acid groups (broad SMARTS) is 1. The predicted molar refractivity (Wildman–Crippen MR) is 61.0 cm³/mol. The molecule has 1 saturated carbocycles. The SMILES string of the molecule is CC1CCCCC1N(C)C(=O)C=CC(=O)O. The molecule has 1 aliphatic carbocycles. The molecule has 0 bridgehead atoms. The molecule has 0 radical (unpaired) electrons. The van der Waals surface area contributed by atoms with Crippen LogP contribution < -0.4 is 0 Å². The molecule has 4 heteroatoms. The number of nitrogens with zero attached hydrogens (tertiary/aromatic N) is 1. The lowest BCUT2D eigenvalue weighted by Gasteiger charge is -2.35. The van der Waals surface area contributed by atoms with Crippen molar-refractivity contribution in [3.63, 3.8) is 0 Å². The second kappa shape index (κ2) is 5.68. The second-order valence-electron chi connectivity index (χ2n) is 4.45. The van der Waals surface area contributed by atoms with E-state index >= 15 is 0 Å². The van der Waals surface area contributed by atoms with E-state index in [-0.39, 0.29) is 11.9 Å². The Morgan fingerprint density at radius 3 is 2.44 bits per heavy atom. The van der Waals surface area contributed by atoms with Gasteiger partial charge in [-0.3, -0.25) is 4.79 Å². The van der Waals surface area contributed by atoms with E-state index in [4.69, 9.17) is 5.11 Å². The Morgan fingerprint density at radius 2 is 1.88 bits per heavy atom. The maximum Gasteiger partial charge on any atom is 0.328 e. The number of likely N-dealkylation sites (N-methyl/N-ethyl adjacent to an activating group) is 1. The van der Waals surface area contributed by atoms with Gasteiger partial charge in [-0.1, -0.05) is 19.8 Å². The monoisotopic (exact) mass is 225 g/mol. The average Bonchev–Trinajstić information content (AvgIpc) is 2.25. The molecule has 90 valence electrons. The van der Waals surface area contributed by atoms with Gasteiger partial charge >= 0.3 is 5.97 Å². The average molecular weight is 225 g/mol. The maximum absolute atomic E-state index is 11.7. The van der Waals surface area contributed by atoms with E-state index in [2.05, 4.69) is 6.92 Å². The minimum absolute atomic E-state index is 0.221. The summed E-state index contributed by atoms with van der Waals surface area (Å²) in [6.45, 7) is 2.15. The van der Waals surface area contributed by atoms with E-state index in [1.54, 1.807) is 11.9 Å². The molecule has 16 heavy (non-hydrogen) atoms. The van der Waals surface area contributed by atoms with Gasteiger partial charge in [0.25, 0.3) is 0 Å². The summed E-state index contributed by atoms with van der Waals surface area (Å²) in [5.74, 6) is -0.805. The van der Waals surface area contributed by atoms with Crippen LogP contribution in [0.5, 0.6) is 0 Å². The topological polar surface area (TPSA) is 57.6 Å². The Hall–Kier alpha value is -1.32. The molecule has 1 aliphatic rings. The highest BCUT2D eigenvalue weighted by molar-refractivity contribution is 5.93. The van der Waals surface area contributed by atoms with Gasteiger partial charge in [-0.05, 0) is 18.8 Å². The largest absolute Gasteiger partial charge is 0.478 e. The Balaban J connectivity index is 2.58. The van der Waals surface area contributed by atoms with Crippen molar-refractivity contribution in [2.24, 2.45) is 5.92 Å². The van der Waals surface area contributed by atoms with Crippen LogP contribution in [0.25, 0.3) is 0 Å². The third-order valence-corrected chi connectivity index (χ3v) is 3.28. The molecular formula is C12H19NO3. The third-order valence-electron chi connectivity index (χ3n) is 3.28. The molecule has 0 aliphatic heterocycles. The van der Waals surface area contributed by atoms with Crippen molar-refractivity contribution in [3.05, 3.63) is 12.2 Å². The molecular weight excluding hydrogens is 206 g/mol. The highest BCUT2D eigenvalue weighted by Gasteiger charge is 2.26. The van der Waals surface area contributed by atoms with E-state index in [0.29, 0.717) is 5.92 Å². The molecule has 0 heterocycles. The van der Waals surface area contributed by atoms with Gasteiger partial charge in [0, 0.05) is 25.2 Å². The first-order chi connectivity index (χ1) is 7.52. The molecule has 0 saturated heterocycles. The quantitative estimate of drug-likeness (QED) is 0.743. The summed E-state index contributed by atoms with van der Waals surface area (Å²) in [6, 6.07) is 0.250. The van der Waals surface area contributed by atoms with Gasteiger partial charge in [0.1, 0.15) is 0 Å². The molecule has 2 atom stereocenters. The zero-order valence-electron chi connectivity index (χ0n) is 9.85. The van der Waals surface area contributed by atoms with Crippen LogP contribution in [-0.4, -0.2) is 35.0 Å². The number of hydrogen-bond acceptors (Lipinski definition) is 2. The van der Waals surface area contributed by atoms with Crippen molar-refractivity contribution in [3.8, 4) is 0 Å². The van der Waals surface area contributed by atoms with Gasteiger partial charge in [-0.15, -0.1) is 0 Å². The van der Waals surface area contributed by atoms with Crippen LogP contribution >= 0.6 is 0 Å². The third kappa shape index (κ3) is 3.36.